The van der Waals surface area contributed by atoms with Gasteiger partial charge < -0.3 is 5.32 Å². The molecule has 0 atom stereocenters. The van der Waals surface area contributed by atoms with E-state index in [1.165, 1.54) is 0 Å². The van der Waals surface area contributed by atoms with Gasteiger partial charge in [-0.05, 0) is 23.9 Å². The minimum Gasteiger partial charge on any atom is -0.316 e. The number of halogens is 3. The average molecular weight is 250 g/mol. The Kier molecular flexibility index (Phi) is 5.62. The van der Waals surface area contributed by atoms with Crippen LogP contribution in [0, 0.1) is 0 Å². The van der Waals surface area contributed by atoms with E-state index in [0.29, 0.717) is 13.1 Å². The van der Waals surface area contributed by atoms with Crippen LogP contribution in [0.5, 0.6) is 0 Å². The molecule has 0 aromatic carbocycles. The fourth-order valence-corrected chi connectivity index (χ4v) is 1.60. The summed E-state index contributed by atoms with van der Waals surface area (Å²) in [7, 11) is 0. The molecule has 0 saturated carbocycles. The summed E-state index contributed by atoms with van der Waals surface area (Å²) in [6.07, 6.45) is 2.44. The van der Waals surface area contributed by atoms with Gasteiger partial charge in [-0.2, -0.15) is 13.2 Å². The lowest BCUT2D eigenvalue weighted by Crippen LogP contribution is -2.21. The maximum atomic E-state index is 11.8. The van der Waals surface area contributed by atoms with Crippen LogP contribution < -0.4 is 5.32 Å². The summed E-state index contributed by atoms with van der Waals surface area (Å²) in [5, 5.41) is 2.95. The predicted molar refractivity (Wildman–Crippen MR) is 59.3 cm³/mol. The van der Waals surface area contributed by atoms with Crippen LogP contribution in [-0.2, 0) is 6.42 Å². The standard InChI is InChI=1S/C10H13F3N2S/c11-10(12,13)16-8-7-14-6-4-9-3-1-2-5-15-9/h1-3,5,14H,4,6-8H2. The topological polar surface area (TPSA) is 24.9 Å². The van der Waals surface area contributed by atoms with Crippen LogP contribution in [0.1, 0.15) is 5.69 Å². The smallest absolute Gasteiger partial charge is 0.316 e. The molecule has 0 bridgehead atoms. The van der Waals surface area contributed by atoms with Crippen LogP contribution in [-0.4, -0.2) is 29.3 Å². The third-order valence-electron chi connectivity index (χ3n) is 1.83. The number of aromatic nitrogens is 1. The molecule has 2 nitrogen and oxygen atoms in total. The zero-order chi connectivity index (χ0) is 11.9. The summed E-state index contributed by atoms with van der Waals surface area (Å²) < 4.78 is 35.3. The molecular formula is C10H13F3N2S. The van der Waals surface area contributed by atoms with Gasteiger partial charge >= 0.3 is 5.51 Å². The van der Waals surface area contributed by atoms with Crippen LogP contribution in [0.15, 0.2) is 24.4 Å². The first-order valence-electron chi connectivity index (χ1n) is 4.89. The summed E-state index contributed by atoms with van der Waals surface area (Å²) in [5.41, 5.74) is -3.18. The molecule has 90 valence electrons. The molecule has 0 amide bonds. The first kappa shape index (κ1) is 13.3. The van der Waals surface area contributed by atoms with Gasteiger partial charge in [0.1, 0.15) is 0 Å². The van der Waals surface area contributed by atoms with Gasteiger partial charge in [0.2, 0.25) is 0 Å². The van der Waals surface area contributed by atoms with E-state index in [1.807, 2.05) is 18.2 Å². The third kappa shape index (κ3) is 6.68. The SMILES string of the molecule is FC(F)(F)SCCNCCc1ccccn1. The van der Waals surface area contributed by atoms with Crippen molar-refractivity contribution < 1.29 is 13.2 Å². The van der Waals surface area contributed by atoms with Crippen molar-refractivity contribution in [1.82, 2.24) is 10.3 Å². The van der Waals surface area contributed by atoms with Crippen molar-refractivity contribution in [1.29, 1.82) is 0 Å². The molecule has 1 heterocycles. The average Bonchev–Trinajstić information content (AvgIpc) is 2.23. The first-order chi connectivity index (χ1) is 7.58. The number of rotatable bonds is 6. The molecule has 1 rings (SSSR count). The van der Waals surface area contributed by atoms with Crippen LogP contribution in [0.3, 0.4) is 0 Å². The number of pyridine rings is 1. The molecule has 0 spiro atoms. The van der Waals surface area contributed by atoms with E-state index in [4.69, 9.17) is 0 Å². The Labute approximate surface area is 96.6 Å². The van der Waals surface area contributed by atoms with Crippen LogP contribution in [0.4, 0.5) is 13.2 Å². The normalized spacial score (nSPS) is 11.7. The Hall–Kier alpha value is -0.750. The van der Waals surface area contributed by atoms with E-state index >= 15 is 0 Å². The molecule has 16 heavy (non-hydrogen) atoms. The third-order valence-corrected chi connectivity index (χ3v) is 2.56. The van der Waals surface area contributed by atoms with Gasteiger partial charge in [0.15, 0.2) is 0 Å². The summed E-state index contributed by atoms with van der Waals surface area (Å²) in [5.74, 6) is 0.0473. The highest BCUT2D eigenvalue weighted by molar-refractivity contribution is 8.00. The monoisotopic (exact) mass is 250 g/mol. The Balaban J connectivity index is 2.01. The summed E-state index contributed by atoms with van der Waals surface area (Å²) in [6, 6.07) is 5.62. The molecule has 0 aliphatic heterocycles. The van der Waals surface area contributed by atoms with Gasteiger partial charge in [-0.3, -0.25) is 4.98 Å². The van der Waals surface area contributed by atoms with Crippen LogP contribution in [0.25, 0.3) is 0 Å². The number of nitrogens with zero attached hydrogens (tertiary/aromatic N) is 1. The van der Waals surface area contributed by atoms with Gasteiger partial charge in [-0.15, -0.1) is 0 Å². The number of nitrogens with one attached hydrogen (secondary N) is 1. The van der Waals surface area contributed by atoms with Crippen molar-refractivity contribution in [2.24, 2.45) is 0 Å². The van der Waals surface area contributed by atoms with E-state index in [0.717, 1.165) is 12.1 Å². The highest BCUT2D eigenvalue weighted by atomic mass is 32.2. The molecule has 0 radical (unpaired) electrons. The van der Waals surface area contributed by atoms with Gasteiger partial charge in [0.05, 0.1) is 0 Å². The molecule has 0 saturated heterocycles. The quantitative estimate of drug-likeness (QED) is 0.785. The zero-order valence-corrected chi connectivity index (χ0v) is 9.44. The molecule has 1 aromatic rings. The van der Waals surface area contributed by atoms with Gasteiger partial charge in [-0.1, -0.05) is 6.07 Å². The van der Waals surface area contributed by atoms with E-state index in [-0.39, 0.29) is 17.5 Å². The Morgan fingerprint density at radius 3 is 2.69 bits per heavy atom. The Morgan fingerprint density at radius 1 is 1.25 bits per heavy atom. The molecule has 1 N–H and O–H groups in total. The second kappa shape index (κ2) is 6.75. The van der Waals surface area contributed by atoms with Crippen molar-refractivity contribution in [3.8, 4) is 0 Å². The molecule has 1 aromatic heterocycles. The molecule has 0 aliphatic rings. The summed E-state index contributed by atoms with van der Waals surface area (Å²) in [4.78, 5) is 4.11. The van der Waals surface area contributed by atoms with Crippen molar-refractivity contribution >= 4 is 11.8 Å². The largest absolute Gasteiger partial charge is 0.441 e. The minimum absolute atomic E-state index is 0.00169. The Morgan fingerprint density at radius 2 is 2.06 bits per heavy atom. The van der Waals surface area contributed by atoms with Crippen molar-refractivity contribution in [3.63, 3.8) is 0 Å². The second-order valence-electron chi connectivity index (χ2n) is 3.12. The lowest BCUT2D eigenvalue weighted by Gasteiger charge is -2.06. The van der Waals surface area contributed by atoms with Crippen molar-refractivity contribution in [2.75, 3.05) is 18.8 Å². The molecule has 0 fully saturated rings. The molecule has 6 heteroatoms. The van der Waals surface area contributed by atoms with Gasteiger partial charge in [0, 0.05) is 37.2 Å². The number of hydrogen-bond donors (Lipinski definition) is 1. The molecular weight excluding hydrogens is 237 g/mol. The second-order valence-corrected chi connectivity index (χ2v) is 4.28. The van der Waals surface area contributed by atoms with E-state index in [9.17, 15) is 13.2 Å². The molecule has 0 aliphatic carbocycles. The number of thioether (sulfide) groups is 1. The Bertz CT molecular complexity index is 290. The lowest BCUT2D eigenvalue weighted by atomic mass is 10.3. The van der Waals surface area contributed by atoms with Gasteiger partial charge in [0.25, 0.3) is 0 Å². The van der Waals surface area contributed by atoms with Crippen LogP contribution in [0.2, 0.25) is 0 Å². The van der Waals surface area contributed by atoms with Crippen molar-refractivity contribution in [3.05, 3.63) is 30.1 Å². The van der Waals surface area contributed by atoms with Gasteiger partial charge in [-0.25, -0.2) is 0 Å². The predicted octanol–water partition coefficient (Wildman–Crippen LogP) is 2.47. The maximum absolute atomic E-state index is 11.8. The van der Waals surface area contributed by atoms with E-state index < -0.39 is 5.51 Å². The summed E-state index contributed by atoms with van der Waals surface area (Å²) >= 11 is 0.00169. The maximum Gasteiger partial charge on any atom is 0.441 e. The highest BCUT2D eigenvalue weighted by Gasteiger charge is 2.27. The van der Waals surface area contributed by atoms with E-state index in [2.05, 4.69) is 10.3 Å². The fraction of sp³-hybridized carbons (Fsp3) is 0.500. The summed E-state index contributed by atoms with van der Waals surface area (Å²) in [6.45, 7) is 1.01. The highest BCUT2D eigenvalue weighted by Crippen LogP contribution is 2.29. The van der Waals surface area contributed by atoms with Crippen LogP contribution >= 0.6 is 11.8 Å². The van der Waals surface area contributed by atoms with E-state index in [1.54, 1.807) is 6.20 Å². The fourth-order valence-electron chi connectivity index (χ4n) is 1.13. The van der Waals surface area contributed by atoms with Crippen molar-refractivity contribution in [2.45, 2.75) is 11.9 Å². The zero-order valence-electron chi connectivity index (χ0n) is 8.63. The number of hydrogen-bond acceptors (Lipinski definition) is 3. The first-order valence-corrected chi connectivity index (χ1v) is 5.88. The number of alkyl halides is 3. The molecule has 0 unspecified atom stereocenters. The lowest BCUT2D eigenvalue weighted by molar-refractivity contribution is -0.0327. The minimum atomic E-state index is -4.12.